The summed E-state index contributed by atoms with van der Waals surface area (Å²) in [5.74, 6) is -0.991. The van der Waals surface area contributed by atoms with Gasteiger partial charge in [0.1, 0.15) is 0 Å². The lowest BCUT2D eigenvalue weighted by Gasteiger charge is -2.07. The number of nitrogens with zero attached hydrogens (tertiary/aromatic N) is 1. The molecule has 1 heterocycles. The second kappa shape index (κ2) is 7.72. The summed E-state index contributed by atoms with van der Waals surface area (Å²) in [4.78, 5) is 15.8. The molecule has 0 spiro atoms. The van der Waals surface area contributed by atoms with Crippen LogP contribution < -0.4 is 5.32 Å². The molecule has 10 heteroatoms. The van der Waals surface area contributed by atoms with E-state index in [9.17, 15) is 26.4 Å². The number of aromatic nitrogens is 1. The Morgan fingerprint density at radius 1 is 1.07 bits per heavy atom. The third-order valence-corrected chi connectivity index (χ3v) is 6.12. The second-order valence-electron chi connectivity index (χ2n) is 5.76. The second-order valence-corrected chi connectivity index (χ2v) is 8.61. The minimum Gasteiger partial charge on any atom is -0.298 e. The first kappa shape index (κ1) is 20.0. The highest BCUT2D eigenvalue weighted by molar-refractivity contribution is 7.90. The minimum absolute atomic E-state index is 0.115. The SMILES string of the molecule is O=C(Nc1nc(C(F)(F)F)cs1)c1cccc(CS(=O)(=O)c2ccccc2)c1. The van der Waals surface area contributed by atoms with E-state index in [4.69, 9.17) is 0 Å². The first-order valence-corrected chi connectivity index (χ1v) is 10.4. The number of benzene rings is 2. The van der Waals surface area contributed by atoms with Crippen molar-refractivity contribution in [2.45, 2.75) is 16.8 Å². The maximum atomic E-state index is 12.6. The van der Waals surface area contributed by atoms with Gasteiger partial charge in [0.15, 0.2) is 20.7 Å². The van der Waals surface area contributed by atoms with E-state index < -0.39 is 27.6 Å². The average Bonchev–Trinajstić information content (AvgIpc) is 3.11. The van der Waals surface area contributed by atoms with Gasteiger partial charge in [0, 0.05) is 10.9 Å². The van der Waals surface area contributed by atoms with Crippen LogP contribution in [0.4, 0.5) is 18.3 Å². The van der Waals surface area contributed by atoms with Crippen LogP contribution in [0.2, 0.25) is 0 Å². The average molecular weight is 426 g/mol. The number of halogens is 3. The Morgan fingerprint density at radius 3 is 2.43 bits per heavy atom. The maximum absolute atomic E-state index is 12.6. The summed E-state index contributed by atoms with van der Waals surface area (Å²) >= 11 is 0.652. The van der Waals surface area contributed by atoms with Crippen LogP contribution in [0.15, 0.2) is 64.9 Å². The van der Waals surface area contributed by atoms with E-state index in [2.05, 4.69) is 10.3 Å². The van der Waals surface area contributed by atoms with Gasteiger partial charge in [-0.1, -0.05) is 30.3 Å². The van der Waals surface area contributed by atoms with E-state index in [-0.39, 0.29) is 21.3 Å². The van der Waals surface area contributed by atoms with Gasteiger partial charge in [-0.25, -0.2) is 13.4 Å². The van der Waals surface area contributed by atoms with Crippen LogP contribution in [-0.4, -0.2) is 19.3 Å². The monoisotopic (exact) mass is 426 g/mol. The third kappa shape index (κ3) is 4.76. The fourth-order valence-corrected chi connectivity index (χ4v) is 4.43. The number of nitrogens with one attached hydrogen (secondary N) is 1. The molecule has 3 aromatic rings. The first-order chi connectivity index (χ1) is 13.1. The van der Waals surface area contributed by atoms with Crippen molar-refractivity contribution in [2.75, 3.05) is 5.32 Å². The summed E-state index contributed by atoms with van der Waals surface area (Å²) in [5.41, 5.74) is -0.591. The number of rotatable bonds is 5. The number of thiazole rings is 1. The smallest absolute Gasteiger partial charge is 0.298 e. The summed E-state index contributed by atoms with van der Waals surface area (Å²) < 4.78 is 62.7. The number of carbonyl (C=O) groups is 1. The van der Waals surface area contributed by atoms with Gasteiger partial charge in [-0.3, -0.25) is 10.1 Å². The molecule has 0 aliphatic heterocycles. The van der Waals surface area contributed by atoms with Crippen LogP contribution in [0.3, 0.4) is 0 Å². The minimum atomic E-state index is -4.59. The van der Waals surface area contributed by atoms with Gasteiger partial charge in [-0.2, -0.15) is 13.2 Å². The van der Waals surface area contributed by atoms with Gasteiger partial charge in [0.25, 0.3) is 5.91 Å². The molecule has 0 bridgehead atoms. The lowest BCUT2D eigenvalue weighted by atomic mass is 10.1. The molecule has 0 aliphatic rings. The van der Waals surface area contributed by atoms with E-state index in [0.717, 1.165) is 5.38 Å². The highest BCUT2D eigenvalue weighted by Gasteiger charge is 2.34. The maximum Gasteiger partial charge on any atom is 0.434 e. The number of anilines is 1. The first-order valence-electron chi connectivity index (χ1n) is 7.86. The Balaban J connectivity index is 1.76. The molecule has 0 aliphatic carbocycles. The van der Waals surface area contributed by atoms with E-state index in [1.807, 2.05) is 0 Å². The number of hydrogen-bond acceptors (Lipinski definition) is 5. The Morgan fingerprint density at radius 2 is 1.79 bits per heavy atom. The largest absolute Gasteiger partial charge is 0.434 e. The summed E-state index contributed by atoms with van der Waals surface area (Å²) in [5, 5.41) is 2.90. The van der Waals surface area contributed by atoms with Gasteiger partial charge in [-0.15, -0.1) is 11.3 Å². The molecule has 1 amide bonds. The topological polar surface area (TPSA) is 76.1 Å². The molecule has 2 aromatic carbocycles. The standard InChI is InChI=1S/C18H13F3N2O3S2/c19-18(20,21)15-10-27-17(22-15)23-16(24)13-6-4-5-12(9-13)11-28(25,26)14-7-2-1-3-8-14/h1-10H,11H2,(H,22,23,24). The number of alkyl halides is 3. The van der Waals surface area contributed by atoms with Crippen LogP contribution in [0.1, 0.15) is 21.6 Å². The molecule has 0 atom stereocenters. The number of carbonyl (C=O) groups excluding carboxylic acids is 1. The molecule has 0 fully saturated rings. The van der Waals surface area contributed by atoms with E-state index in [0.29, 0.717) is 16.9 Å². The summed E-state index contributed by atoms with van der Waals surface area (Å²) in [6.45, 7) is 0. The molecule has 5 nitrogen and oxygen atoms in total. The van der Waals surface area contributed by atoms with Gasteiger partial charge >= 0.3 is 6.18 Å². The van der Waals surface area contributed by atoms with Crippen LogP contribution >= 0.6 is 11.3 Å². The molecular formula is C18H13F3N2O3S2. The molecule has 1 aromatic heterocycles. The Labute approximate surface area is 162 Å². The normalized spacial score (nSPS) is 12.0. The summed E-state index contributed by atoms with van der Waals surface area (Å²) in [6.07, 6.45) is -4.59. The van der Waals surface area contributed by atoms with E-state index in [1.54, 1.807) is 24.3 Å². The molecule has 3 rings (SSSR count). The quantitative estimate of drug-likeness (QED) is 0.657. The predicted molar refractivity (Wildman–Crippen MR) is 98.8 cm³/mol. The summed E-state index contributed by atoms with van der Waals surface area (Å²) in [6, 6.07) is 13.8. The molecule has 0 saturated carbocycles. The highest BCUT2D eigenvalue weighted by Crippen LogP contribution is 2.31. The van der Waals surface area contributed by atoms with Gasteiger partial charge < -0.3 is 0 Å². The fraction of sp³-hybridized carbons (Fsp3) is 0.111. The third-order valence-electron chi connectivity index (χ3n) is 3.66. The number of hydrogen-bond donors (Lipinski definition) is 1. The Bertz CT molecular complexity index is 1090. The van der Waals surface area contributed by atoms with Crippen LogP contribution in [-0.2, 0) is 21.8 Å². The number of sulfone groups is 1. The van der Waals surface area contributed by atoms with Gasteiger partial charge in [0.2, 0.25) is 0 Å². The molecular weight excluding hydrogens is 413 g/mol. The van der Waals surface area contributed by atoms with Crippen LogP contribution in [0.5, 0.6) is 0 Å². The van der Waals surface area contributed by atoms with Crippen molar-refractivity contribution >= 4 is 32.2 Å². The van der Waals surface area contributed by atoms with Crippen molar-refractivity contribution in [1.29, 1.82) is 0 Å². The van der Waals surface area contributed by atoms with Crippen LogP contribution in [0.25, 0.3) is 0 Å². The number of amides is 1. The molecule has 0 unspecified atom stereocenters. The molecule has 146 valence electrons. The van der Waals surface area contributed by atoms with Crippen molar-refractivity contribution in [1.82, 2.24) is 4.98 Å². The highest BCUT2D eigenvalue weighted by atomic mass is 32.2. The van der Waals surface area contributed by atoms with Crippen molar-refractivity contribution in [3.63, 3.8) is 0 Å². The lowest BCUT2D eigenvalue weighted by molar-refractivity contribution is -0.140. The summed E-state index contributed by atoms with van der Waals surface area (Å²) in [7, 11) is -3.59. The van der Waals surface area contributed by atoms with Crippen molar-refractivity contribution in [3.05, 3.63) is 76.8 Å². The van der Waals surface area contributed by atoms with Crippen molar-refractivity contribution < 1.29 is 26.4 Å². The van der Waals surface area contributed by atoms with Crippen molar-refractivity contribution in [2.24, 2.45) is 0 Å². The fourth-order valence-electron chi connectivity index (χ4n) is 2.36. The zero-order chi connectivity index (χ0) is 20.4. The lowest BCUT2D eigenvalue weighted by Crippen LogP contribution is -2.13. The van der Waals surface area contributed by atoms with Crippen LogP contribution in [0, 0.1) is 0 Å². The Hall–Kier alpha value is -2.72. The van der Waals surface area contributed by atoms with Gasteiger partial charge in [-0.05, 0) is 29.8 Å². The zero-order valence-electron chi connectivity index (χ0n) is 14.1. The Kier molecular flexibility index (Phi) is 5.52. The molecule has 28 heavy (non-hydrogen) atoms. The van der Waals surface area contributed by atoms with E-state index in [1.165, 1.54) is 30.3 Å². The molecule has 0 saturated heterocycles. The van der Waals surface area contributed by atoms with Crippen molar-refractivity contribution in [3.8, 4) is 0 Å². The molecule has 1 N–H and O–H groups in total. The van der Waals surface area contributed by atoms with E-state index >= 15 is 0 Å². The molecule has 0 radical (unpaired) electrons. The zero-order valence-corrected chi connectivity index (χ0v) is 15.7. The predicted octanol–water partition coefficient (Wildman–Crippen LogP) is 4.39. The van der Waals surface area contributed by atoms with Gasteiger partial charge in [0.05, 0.1) is 10.6 Å².